The molecule has 1 aliphatic heterocycles. The Morgan fingerprint density at radius 2 is 1.22 bits per heavy atom. The first-order valence-electron chi connectivity index (χ1n) is 9.57. The molecule has 1 atom stereocenters. The van der Waals surface area contributed by atoms with Crippen LogP contribution in [0.2, 0.25) is 0 Å². The number of carbonyl (C=O) groups excluding carboxylic acids is 1. The molecule has 1 amide bonds. The Kier molecular flexibility index (Phi) is 6.82. The summed E-state index contributed by atoms with van der Waals surface area (Å²) in [7, 11) is 9.08. The second-order valence-electron chi connectivity index (χ2n) is 6.61. The minimum Gasteiger partial charge on any atom is -0.493 e. The third kappa shape index (κ3) is 4.03. The summed E-state index contributed by atoms with van der Waals surface area (Å²) in [6.45, 7) is 1.40. The van der Waals surface area contributed by atoms with Crippen LogP contribution in [0.4, 0.5) is 0 Å². The minimum absolute atomic E-state index is 0.207. The molecule has 172 valence electrons. The van der Waals surface area contributed by atoms with Crippen molar-refractivity contribution in [1.29, 1.82) is 0 Å². The van der Waals surface area contributed by atoms with Crippen LogP contribution in [0.15, 0.2) is 29.4 Å². The van der Waals surface area contributed by atoms with Gasteiger partial charge in [-0.1, -0.05) is 0 Å². The van der Waals surface area contributed by atoms with Gasteiger partial charge in [0, 0.05) is 18.1 Å². The Labute approximate surface area is 186 Å². The summed E-state index contributed by atoms with van der Waals surface area (Å²) in [6.07, 6.45) is -0.852. The molecule has 1 heterocycles. The minimum atomic E-state index is -0.852. The maximum absolute atomic E-state index is 12.4. The van der Waals surface area contributed by atoms with Crippen LogP contribution in [0.5, 0.6) is 34.5 Å². The molecule has 3 rings (SSSR count). The molecule has 0 unspecified atom stereocenters. The van der Waals surface area contributed by atoms with E-state index in [0.717, 1.165) is 0 Å². The Morgan fingerprint density at radius 1 is 0.781 bits per heavy atom. The van der Waals surface area contributed by atoms with E-state index < -0.39 is 6.23 Å². The molecule has 1 aliphatic rings. The van der Waals surface area contributed by atoms with Crippen LogP contribution in [-0.4, -0.2) is 59.5 Å². The van der Waals surface area contributed by atoms with Crippen LogP contribution in [0.3, 0.4) is 0 Å². The van der Waals surface area contributed by atoms with Gasteiger partial charge in [-0.15, -0.1) is 5.10 Å². The van der Waals surface area contributed by atoms with E-state index in [-0.39, 0.29) is 11.8 Å². The van der Waals surface area contributed by atoms with Crippen molar-refractivity contribution in [3.05, 3.63) is 35.4 Å². The van der Waals surface area contributed by atoms with Gasteiger partial charge in [0.15, 0.2) is 23.0 Å². The maximum atomic E-state index is 12.4. The molecule has 10 nitrogen and oxygen atoms in total. The fourth-order valence-corrected chi connectivity index (χ4v) is 3.35. The standard InChI is InChI=1S/C22H26N2O8/c1-12(25)24-22(14-10-17(28-4)20(31-7)18(11-14)29-5)32-21(23-24)13-8-15(26-2)19(30-6)16(9-13)27-3/h8-11,22H,1-7H3/t22-/m0/s1. The Bertz CT molecular complexity index is 987. The first-order valence-corrected chi connectivity index (χ1v) is 9.57. The average Bonchev–Trinajstić information content (AvgIpc) is 3.27. The monoisotopic (exact) mass is 446 g/mol. The number of hydrogen-bond acceptors (Lipinski definition) is 9. The lowest BCUT2D eigenvalue weighted by Gasteiger charge is -2.21. The van der Waals surface area contributed by atoms with Crippen LogP contribution in [0.25, 0.3) is 0 Å². The van der Waals surface area contributed by atoms with Gasteiger partial charge in [-0.3, -0.25) is 4.79 Å². The molecule has 0 spiro atoms. The highest BCUT2D eigenvalue weighted by molar-refractivity contribution is 5.97. The number of hydrogen-bond donors (Lipinski definition) is 0. The zero-order chi connectivity index (χ0) is 23.4. The van der Waals surface area contributed by atoms with E-state index in [1.165, 1.54) is 54.6 Å². The van der Waals surface area contributed by atoms with E-state index in [1.807, 2.05) is 0 Å². The molecule has 0 saturated heterocycles. The predicted octanol–water partition coefficient (Wildman–Crippen LogP) is 2.98. The van der Waals surface area contributed by atoms with Gasteiger partial charge >= 0.3 is 0 Å². The normalized spacial score (nSPS) is 14.9. The highest BCUT2D eigenvalue weighted by Crippen LogP contribution is 2.43. The molecule has 0 aromatic heterocycles. The van der Waals surface area contributed by atoms with Crippen LogP contribution >= 0.6 is 0 Å². The van der Waals surface area contributed by atoms with Crippen molar-refractivity contribution in [2.45, 2.75) is 13.2 Å². The SMILES string of the molecule is COc1cc(C2=NN(C(C)=O)[C@H](c3cc(OC)c(OC)c(OC)c3)O2)cc(OC)c1OC. The van der Waals surface area contributed by atoms with Crippen molar-refractivity contribution in [1.82, 2.24) is 5.01 Å². The molecular formula is C22H26N2O8. The topological polar surface area (TPSA) is 97.3 Å². The largest absolute Gasteiger partial charge is 0.493 e. The number of rotatable bonds is 8. The van der Waals surface area contributed by atoms with Crippen LogP contribution in [-0.2, 0) is 9.53 Å². The summed E-state index contributed by atoms with van der Waals surface area (Å²) in [5.74, 6) is 2.46. The van der Waals surface area contributed by atoms with Gasteiger partial charge in [0.1, 0.15) is 0 Å². The van der Waals surface area contributed by atoms with E-state index in [2.05, 4.69) is 5.10 Å². The summed E-state index contributed by atoms with van der Waals surface area (Å²) in [4.78, 5) is 12.4. The van der Waals surface area contributed by atoms with Gasteiger partial charge in [0.05, 0.1) is 42.7 Å². The van der Waals surface area contributed by atoms with E-state index in [9.17, 15) is 4.79 Å². The lowest BCUT2D eigenvalue weighted by atomic mass is 10.1. The number of benzene rings is 2. The second kappa shape index (κ2) is 9.54. The summed E-state index contributed by atoms with van der Waals surface area (Å²) < 4.78 is 38.5. The van der Waals surface area contributed by atoms with Crippen molar-refractivity contribution >= 4 is 11.8 Å². The van der Waals surface area contributed by atoms with E-state index in [1.54, 1.807) is 24.3 Å². The smallest absolute Gasteiger partial charge is 0.243 e. The third-order valence-corrected chi connectivity index (χ3v) is 4.85. The lowest BCUT2D eigenvalue weighted by Crippen LogP contribution is -2.25. The number of methoxy groups -OCH3 is 6. The molecule has 32 heavy (non-hydrogen) atoms. The zero-order valence-corrected chi connectivity index (χ0v) is 19.0. The predicted molar refractivity (Wildman–Crippen MR) is 115 cm³/mol. The molecule has 10 heteroatoms. The van der Waals surface area contributed by atoms with Crippen LogP contribution in [0, 0.1) is 0 Å². The fourth-order valence-electron chi connectivity index (χ4n) is 3.35. The Morgan fingerprint density at radius 3 is 1.59 bits per heavy atom. The number of ether oxygens (including phenoxy) is 7. The average molecular weight is 446 g/mol. The summed E-state index contributed by atoms with van der Waals surface area (Å²) in [5.41, 5.74) is 1.13. The third-order valence-electron chi connectivity index (χ3n) is 4.85. The molecule has 0 N–H and O–H groups in total. The summed E-state index contributed by atoms with van der Waals surface area (Å²) in [6, 6.07) is 6.79. The molecule has 0 radical (unpaired) electrons. The van der Waals surface area contributed by atoms with E-state index >= 15 is 0 Å². The maximum Gasteiger partial charge on any atom is 0.243 e. The second-order valence-corrected chi connectivity index (χ2v) is 6.61. The van der Waals surface area contributed by atoms with Gasteiger partial charge in [-0.25, -0.2) is 0 Å². The number of carbonyl (C=O) groups is 1. The molecule has 0 aliphatic carbocycles. The molecule has 2 aromatic carbocycles. The number of nitrogens with zero attached hydrogens (tertiary/aromatic N) is 2. The summed E-state index contributed by atoms with van der Waals surface area (Å²) >= 11 is 0. The van der Waals surface area contributed by atoms with Gasteiger partial charge in [-0.05, 0) is 24.3 Å². The van der Waals surface area contributed by atoms with Crippen molar-refractivity contribution in [3.8, 4) is 34.5 Å². The van der Waals surface area contributed by atoms with Crippen LogP contribution in [0.1, 0.15) is 24.3 Å². The van der Waals surface area contributed by atoms with E-state index in [4.69, 9.17) is 33.2 Å². The first-order chi connectivity index (χ1) is 15.4. The van der Waals surface area contributed by atoms with E-state index in [0.29, 0.717) is 45.6 Å². The highest BCUT2D eigenvalue weighted by atomic mass is 16.5. The first kappa shape index (κ1) is 22.9. The van der Waals surface area contributed by atoms with Gasteiger partial charge in [-0.2, -0.15) is 5.01 Å². The zero-order valence-electron chi connectivity index (χ0n) is 19.0. The fraction of sp³-hybridized carbons (Fsp3) is 0.364. The molecule has 2 aromatic rings. The Hall–Kier alpha value is -3.82. The quantitative estimate of drug-likeness (QED) is 0.611. The lowest BCUT2D eigenvalue weighted by molar-refractivity contribution is -0.135. The van der Waals surface area contributed by atoms with Gasteiger partial charge in [0.2, 0.25) is 29.5 Å². The summed E-state index contributed by atoms with van der Waals surface area (Å²) in [5, 5.41) is 5.62. The Balaban J connectivity index is 2.07. The van der Waals surface area contributed by atoms with Crippen molar-refractivity contribution in [2.24, 2.45) is 5.10 Å². The number of amides is 1. The molecule has 0 fully saturated rings. The van der Waals surface area contributed by atoms with Crippen molar-refractivity contribution in [2.75, 3.05) is 42.7 Å². The molecular weight excluding hydrogens is 420 g/mol. The van der Waals surface area contributed by atoms with Crippen molar-refractivity contribution < 1.29 is 38.0 Å². The number of hydrazone groups is 1. The van der Waals surface area contributed by atoms with Crippen molar-refractivity contribution in [3.63, 3.8) is 0 Å². The van der Waals surface area contributed by atoms with Gasteiger partial charge in [0.25, 0.3) is 0 Å². The molecule has 0 saturated carbocycles. The van der Waals surface area contributed by atoms with Crippen LogP contribution < -0.4 is 28.4 Å². The highest BCUT2D eigenvalue weighted by Gasteiger charge is 2.35. The van der Waals surface area contributed by atoms with Gasteiger partial charge < -0.3 is 33.2 Å². The molecule has 0 bridgehead atoms.